The summed E-state index contributed by atoms with van der Waals surface area (Å²) >= 11 is 6.70. The number of phenolic OH excluding ortho intramolecular Hbond substituents is 1. The first-order chi connectivity index (χ1) is 10.8. The zero-order chi connectivity index (χ0) is 17.1. The Morgan fingerprint density at radius 1 is 1.09 bits per heavy atom. The van der Waals surface area contributed by atoms with E-state index in [1.807, 2.05) is 26.0 Å². The van der Waals surface area contributed by atoms with Crippen LogP contribution in [-0.4, -0.2) is 17.6 Å². The topological polar surface area (TPSA) is 58.6 Å². The fourth-order valence-electron chi connectivity index (χ4n) is 2.23. The highest BCUT2D eigenvalue weighted by molar-refractivity contribution is 9.10. The van der Waals surface area contributed by atoms with Gasteiger partial charge >= 0.3 is 0 Å². The second kappa shape index (κ2) is 7.36. The van der Waals surface area contributed by atoms with Crippen LogP contribution in [0.1, 0.15) is 16.7 Å². The van der Waals surface area contributed by atoms with Gasteiger partial charge in [0.2, 0.25) is 0 Å². The van der Waals surface area contributed by atoms with Crippen LogP contribution in [0, 0.1) is 20.8 Å². The number of benzene rings is 2. The number of aromatic hydroxyl groups is 1. The Labute approximate surface area is 152 Å². The predicted molar refractivity (Wildman–Crippen MR) is 98.3 cm³/mol. The van der Waals surface area contributed by atoms with Gasteiger partial charge in [0, 0.05) is 5.69 Å². The van der Waals surface area contributed by atoms with Crippen LogP contribution < -0.4 is 10.1 Å². The maximum absolute atomic E-state index is 12.1. The summed E-state index contributed by atoms with van der Waals surface area (Å²) in [5.74, 6) is 0.557. The molecular formula is C17H17Br2NO3. The third-order valence-corrected chi connectivity index (χ3v) is 4.45. The second-order valence-electron chi connectivity index (χ2n) is 5.35. The Morgan fingerprint density at radius 3 is 2.39 bits per heavy atom. The quantitative estimate of drug-likeness (QED) is 0.664. The number of carbonyl (C=O) groups is 1. The van der Waals surface area contributed by atoms with Gasteiger partial charge in [0.15, 0.2) is 6.61 Å². The van der Waals surface area contributed by atoms with E-state index in [4.69, 9.17) is 4.74 Å². The third kappa shape index (κ3) is 4.48. The Bertz CT molecular complexity index is 713. The molecule has 0 aliphatic carbocycles. The highest BCUT2D eigenvalue weighted by atomic mass is 79.9. The van der Waals surface area contributed by atoms with Crippen LogP contribution in [0.25, 0.3) is 0 Å². The predicted octanol–water partition coefficient (Wildman–Crippen LogP) is 4.86. The first-order valence-corrected chi connectivity index (χ1v) is 8.55. The van der Waals surface area contributed by atoms with Crippen molar-refractivity contribution in [1.29, 1.82) is 0 Å². The van der Waals surface area contributed by atoms with Gasteiger partial charge in [0.25, 0.3) is 5.91 Å². The molecule has 2 rings (SSSR count). The van der Waals surface area contributed by atoms with Crippen LogP contribution in [0.15, 0.2) is 33.2 Å². The van der Waals surface area contributed by atoms with Crippen LogP contribution in [0.3, 0.4) is 0 Å². The number of anilines is 1. The molecule has 0 aliphatic rings. The number of ether oxygens (including phenoxy) is 1. The van der Waals surface area contributed by atoms with E-state index in [-0.39, 0.29) is 18.3 Å². The number of aryl methyl sites for hydroxylation is 3. The molecule has 6 heteroatoms. The SMILES string of the molecule is Cc1cc(C)c(OCC(=O)Nc2cc(C)c(O)c(Br)c2)c(Br)c1. The van der Waals surface area contributed by atoms with E-state index in [0.29, 0.717) is 21.5 Å². The lowest BCUT2D eigenvalue weighted by Crippen LogP contribution is -2.20. The fourth-order valence-corrected chi connectivity index (χ4v) is 3.58. The van der Waals surface area contributed by atoms with Gasteiger partial charge < -0.3 is 15.2 Å². The number of hydrogen-bond acceptors (Lipinski definition) is 3. The fraction of sp³-hybridized carbons (Fsp3) is 0.235. The molecule has 0 aromatic heterocycles. The minimum absolute atomic E-state index is 0.0972. The van der Waals surface area contributed by atoms with Crippen LogP contribution >= 0.6 is 31.9 Å². The van der Waals surface area contributed by atoms with E-state index in [1.54, 1.807) is 19.1 Å². The highest BCUT2D eigenvalue weighted by Gasteiger charge is 2.11. The van der Waals surface area contributed by atoms with Crippen molar-refractivity contribution in [2.75, 3.05) is 11.9 Å². The van der Waals surface area contributed by atoms with Crippen LogP contribution in [0.4, 0.5) is 5.69 Å². The minimum atomic E-state index is -0.270. The molecular weight excluding hydrogens is 426 g/mol. The molecule has 1 amide bonds. The summed E-state index contributed by atoms with van der Waals surface area (Å²) < 4.78 is 6.98. The standard InChI is InChI=1S/C17H17Br2NO3/c1-9-4-11(3)17(14(19)5-9)23-8-15(21)20-12-6-10(2)16(22)13(18)7-12/h4-7,22H,8H2,1-3H3,(H,20,21). The molecule has 2 N–H and O–H groups in total. The van der Waals surface area contributed by atoms with Crippen LogP contribution in [-0.2, 0) is 4.79 Å². The van der Waals surface area contributed by atoms with E-state index in [2.05, 4.69) is 37.2 Å². The average molecular weight is 443 g/mol. The number of halogens is 2. The molecule has 0 radical (unpaired) electrons. The van der Waals surface area contributed by atoms with Crippen molar-refractivity contribution in [3.8, 4) is 11.5 Å². The molecule has 0 atom stereocenters. The maximum Gasteiger partial charge on any atom is 0.262 e. The van der Waals surface area contributed by atoms with Gasteiger partial charge in [0.1, 0.15) is 11.5 Å². The summed E-state index contributed by atoms with van der Waals surface area (Å²) in [6.07, 6.45) is 0. The van der Waals surface area contributed by atoms with E-state index in [1.165, 1.54) is 0 Å². The number of amides is 1. The zero-order valence-corrected chi connectivity index (χ0v) is 16.2. The molecule has 0 saturated carbocycles. The minimum Gasteiger partial charge on any atom is -0.506 e. The lowest BCUT2D eigenvalue weighted by atomic mass is 10.1. The largest absolute Gasteiger partial charge is 0.506 e. The van der Waals surface area contributed by atoms with Gasteiger partial charge in [-0.3, -0.25) is 4.79 Å². The lowest BCUT2D eigenvalue weighted by molar-refractivity contribution is -0.118. The highest BCUT2D eigenvalue weighted by Crippen LogP contribution is 2.31. The number of rotatable bonds is 4. The Hall–Kier alpha value is -1.53. The zero-order valence-electron chi connectivity index (χ0n) is 13.0. The van der Waals surface area contributed by atoms with Gasteiger partial charge in [-0.2, -0.15) is 0 Å². The molecule has 0 unspecified atom stereocenters. The average Bonchev–Trinajstić information content (AvgIpc) is 2.43. The van der Waals surface area contributed by atoms with Crippen LogP contribution in [0.2, 0.25) is 0 Å². The van der Waals surface area contributed by atoms with Gasteiger partial charge in [-0.25, -0.2) is 0 Å². The van der Waals surface area contributed by atoms with Crippen molar-refractivity contribution in [3.05, 3.63) is 49.9 Å². The molecule has 2 aromatic carbocycles. The lowest BCUT2D eigenvalue weighted by Gasteiger charge is -2.13. The summed E-state index contributed by atoms with van der Waals surface area (Å²) in [6.45, 7) is 5.60. The molecule has 0 heterocycles. The van der Waals surface area contributed by atoms with E-state index in [9.17, 15) is 9.90 Å². The summed E-state index contributed by atoms with van der Waals surface area (Å²) in [5.41, 5.74) is 3.36. The van der Waals surface area contributed by atoms with Gasteiger partial charge in [-0.05, 0) is 87.5 Å². The van der Waals surface area contributed by atoms with Crippen LogP contribution in [0.5, 0.6) is 11.5 Å². The summed E-state index contributed by atoms with van der Waals surface area (Å²) in [7, 11) is 0. The van der Waals surface area contributed by atoms with Crippen molar-refractivity contribution in [1.82, 2.24) is 0 Å². The second-order valence-corrected chi connectivity index (χ2v) is 7.06. The van der Waals surface area contributed by atoms with Crippen molar-refractivity contribution in [2.24, 2.45) is 0 Å². The Kier molecular flexibility index (Phi) is 5.70. The first kappa shape index (κ1) is 17.8. The van der Waals surface area contributed by atoms with Crippen molar-refractivity contribution < 1.29 is 14.6 Å². The third-order valence-electron chi connectivity index (χ3n) is 3.26. The molecule has 0 fully saturated rings. The molecule has 0 spiro atoms. The van der Waals surface area contributed by atoms with Crippen molar-refractivity contribution in [2.45, 2.75) is 20.8 Å². The maximum atomic E-state index is 12.1. The van der Waals surface area contributed by atoms with Gasteiger partial charge in [-0.1, -0.05) is 6.07 Å². The summed E-state index contributed by atoms with van der Waals surface area (Å²) in [4.78, 5) is 12.1. The normalized spacial score (nSPS) is 10.5. The smallest absolute Gasteiger partial charge is 0.262 e. The van der Waals surface area contributed by atoms with Crippen molar-refractivity contribution in [3.63, 3.8) is 0 Å². The van der Waals surface area contributed by atoms with Crippen molar-refractivity contribution >= 4 is 43.5 Å². The Morgan fingerprint density at radius 2 is 1.78 bits per heavy atom. The number of carbonyl (C=O) groups excluding carboxylic acids is 1. The Balaban J connectivity index is 2.04. The number of hydrogen-bond donors (Lipinski definition) is 2. The summed E-state index contributed by atoms with van der Waals surface area (Å²) in [6, 6.07) is 7.29. The van der Waals surface area contributed by atoms with E-state index < -0.39 is 0 Å². The first-order valence-electron chi connectivity index (χ1n) is 6.96. The molecule has 0 bridgehead atoms. The molecule has 0 aliphatic heterocycles. The molecule has 23 heavy (non-hydrogen) atoms. The van der Waals surface area contributed by atoms with E-state index >= 15 is 0 Å². The number of nitrogens with one attached hydrogen (secondary N) is 1. The molecule has 2 aromatic rings. The number of phenols is 1. The van der Waals surface area contributed by atoms with Gasteiger partial charge in [0.05, 0.1) is 8.95 Å². The monoisotopic (exact) mass is 441 g/mol. The molecule has 122 valence electrons. The van der Waals surface area contributed by atoms with E-state index in [0.717, 1.165) is 15.6 Å². The molecule has 4 nitrogen and oxygen atoms in total. The molecule has 0 saturated heterocycles. The van der Waals surface area contributed by atoms with Gasteiger partial charge in [-0.15, -0.1) is 0 Å². The summed E-state index contributed by atoms with van der Waals surface area (Å²) in [5, 5.41) is 12.5.